The normalized spacial score (nSPS) is 9.86. The van der Waals surface area contributed by atoms with Crippen molar-refractivity contribution in [3.63, 3.8) is 0 Å². The zero-order chi connectivity index (χ0) is 10.6. The molecule has 0 unspecified atom stereocenters. The molecule has 0 atom stereocenters. The average molecular weight is 186 g/mol. The number of carbonyl (C=O) groups excluding carboxylic acids is 1. The number of Topliss-reactive ketones (excluding diaryl/α,β-unsaturated/α-hetero) is 1. The van der Waals surface area contributed by atoms with E-state index in [0.717, 1.165) is 0 Å². The van der Waals surface area contributed by atoms with Gasteiger partial charge in [0, 0.05) is 5.56 Å². The minimum atomic E-state index is 0.0165. The summed E-state index contributed by atoms with van der Waals surface area (Å²) in [5.41, 5.74) is 1.94. The molecule has 0 fully saturated rings. The van der Waals surface area contributed by atoms with Crippen molar-refractivity contribution in [3.8, 4) is 12.3 Å². The van der Waals surface area contributed by atoms with Crippen LogP contribution in [0.1, 0.15) is 42.1 Å². The van der Waals surface area contributed by atoms with Gasteiger partial charge in [-0.1, -0.05) is 44.0 Å². The van der Waals surface area contributed by atoms with E-state index < -0.39 is 0 Å². The summed E-state index contributed by atoms with van der Waals surface area (Å²) in [6.45, 7) is 4.25. The van der Waals surface area contributed by atoms with Crippen LogP contribution in [0.2, 0.25) is 0 Å². The first-order chi connectivity index (χ1) is 6.65. The highest BCUT2D eigenvalue weighted by Gasteiger charge is 2.04. The molecule has 1 heteroatoms. The Kier molecular flexibility index (Phi) is 3.48. The quantitative estimate of drug-likeness (QED) is 0.524. The van der Waals surface area contributed by atoms with Gasteiger partial charge in [-0.25, -0.2) is 0 Å². The number of rotatable bonds is 3. The molecule has 1 nitrogen and oxygen atoms in total. The van der Waals surface area contributed by atoms with E-state index in [9.17, 15) is 4.79 Å². The molecule has 0 bridgehead atoms. The molecule has 0 saturated heterocycles. The fourth-order valence-corrected chi connectivity index (χ4v) is 1.25. The molecule has 0 N–H and O–H groups in total. The molecule has 0 saturated carbocycles. The van der Waals surface area contributed by atoms with Gasteiger partial charge in [0.2, 0.25) is 0 Å². The lowest BCUT2D eigenvalue weighted by Gasteiger charge is -2.05. The Labute approximate surface area is 85.1 Å². The summed E-state index contributed by atoms with van der Waals surface area (Å²) in [6.07, 6.45) is 5.26. The van der Waals surface area contributed by atoms with Gasteiger partial charge in [0.15, 0.2) is 5.78 Å². The van der Waals surface area contributed by atoms with Gasteiger partial charge < -0.3 is 0 Å². The number of carbonyl (C=O) groups is 1. The van der Waals surface area contributed by atoms with E-state index in [1.165, 1.54) is 5.56 Å². The van der Waals surface area contributed by atoms with E-state index in [4.69, 9.17) is 6.42 Å². The number of hydrogen-bond acceptors (Lipinski definition) is 1. The van der Waals surface area contributed by atoms with Crippen molar-refractivity contribution in [3.05, 3.63) is 35.4 Å². The van der Waals surface area contributed by atoms with E-state index in [0.29, 0.717) is 11.5 Å². The molecular formula is C13H14O. The van der Waals surface area contributed by atoms with Crippen LogP contribution >= 0.6 is 0 Å². The van der Waals surface area contributed by atoms with Crippen LogP contribution in [0.5, 0.6) is 0 Å². The second kappa shape index (κ2) is 4.62. The van der Waals surface area contributed by atoms with Crippen LogP contribution in [0, 0.1) is 12.3 Å². The van der Waals surface area contributed by atoms with Crippen LogP contribution in [0.25, 0.3) is 0 Å². The molecule has 14 heavy (non-hydrogen) atoms. The molecule has 0 amide bonds. The predicted molar refractivity (Wildman–Crippen MR) is 58.3 cm³/mol. The van der Waals surface area contributed by atoms with Crippen LogP contribution in [0.15, 0.2) is 24.3 Å². The minimum absolute atomic E-state index is 0.0165. The van der Waals surface area contributed by atoms with Crippen molar-refractivity contribution in [1.29, 1.82) is 0 Å². The lowest BCUT2D eigenvalue weighted by molar-refractivity contribution is 0.0998. The van der Waals surface area contributed by atoms with Gasteiger partial charge in [-0.15, -0.1) is 6.42 Å². The van der Waals surface area contributed by atoms with Crippen LogP contribution in [-0.2, 0) is 0 Å². The van der Waals surface area contributed by atoms with Crippen molar-refractivity contribution in [2.45, 2.75) is 26.2 Å². The smallest absolute Gasteiger partial charge is 0.174 e. The topological polar surface area (TPSA) is 17.1 Å². The largest absolute Gasteiger partial charge is 0.293 e. The maximum atomic E-state index is 11.4. The summed E-state index contributed by atoms with van der Waals surface area (Å²) in [4.78, 5) is 11.4. The van der Waals surface area contributed by atoms with E-state index in [2.05, 4.69) is 19.8 Å². The molecule has 0 aliphatic rings. The summed E-state index contributed by atoms with van der Waals surface area (Å²) < 4.78 is 0. The summed E-state index contributed by atoms with van der Waals surface area (Å²) in [6, 6.07) is 7.65. The maximum absolute atomic E-state index is 11.4. The highest BCUT2D eigenvalue weighted by Crippen LogP contribution is 2.15. The molecule has 0 radical (unpaired) electrons. The SMILES string of the molecule is C#CCC(=O)c1ccc(C(C)C)cc1. The number of hydrogen-bond donors (Lipinski definition) is 0. The summed E-state index contributed by atoms with van der Waals surface area (Å²) in [5, 5.41) is 0. The molecular weight excluding hydrogens is 172 g/mol. The molecule has 0 aliphatic carbocycles. The Morgan fingerprint density at radius 1 is 1.36 bits per heavy atom. The second-order valence-corrected chi connectivity index (χ2v) is 3.58. The van der Waals surface area contributed by atoms with Gasteiger partial charge in [-0.05, 0) is 11.5 Å². The molecule has 0 heterocycles. The minimum Gasteiger partial charge on any atom is -0.293 e. The molecule has 0 aliphatic heterocycles. The summed E-state index contributed by atoms with van der Waals surface area (Å²) in [5.74, 6) is 2.86. The van der Waals surface area contributed by atoms with E-state index in [-0.39, 0.29) is 12.2 Å². The lowest BCUT2D eigenvalue weighted by Crippen LogP contribution is -1.97. The lowest BCUT2D eigenvalue weighted by atomic mass is 10.00. The van der Waals surface area contributed by atoms with Crippen LogP contribution < -0.4 is 0 Å². The molecule has 72 valence electrons. The van der Waals surface area contributed by atoms with Crippen molar-refractivity contribution in [1.82, 2.24) is 0 Å². The van der Waals surface area contributed by atoms with Crippen molar-refractivity contribution < 1.29 is 4.79 Å². The van der Waals surface area contributed by atoms with E-state index >= 15 is 0 Å². The standard InChI is InChI=1S/C13H14O/c1-4-5-13(14)12-8-6-11(7-9-12)10(2)3/h1,6-10H,5H2,2-3H3. The zero-order valence-corrected chi connectivity index (χ0v) is 8.58. The van der Waals surface area contributed by atoms with E-state index in [1.807, 2.05) is 24.3 Å². The van der Waals surface area contributed by atoms with Gasteiger partial charge in [-0.2, -0.15) is 0 Å². The maximum Gasteiger partial charge on any atom is 0.174 e. The predicted octanol–water partition coefficient (Wildman–Crippen LogP) is 3.02. The second-order valence-electron chi connectivity index (χ2n) is 3.58. The third kappa shape index (κ3) is 2.47. The fourth-order valence-electron chi connectivity index (χ4n) is 1.25. The first kappa shape index (κ1) is 10.5. The van der Waals surface area contributed by atoms with Crippen molar-refractivity contribution >= 4 is 5.78 Å². The van der Waals surface area contributed by atoms with Gasteiger partial charge in [0.25, 0.3) is 0 Å². The van der Waals surface area contributed by atoms with Crippen molar-refractivity contribution in [2.24, 2.45) is 0 Å². The Balaban J connectivity index is 2.84. The first-order valence-corrected chi connectivity index (χ1v) is 4.71. The summed E-state index contributed by atoms with van der Waals surface area (Å²) >= 11 is 0. The third-order valence-electron chi connectivity index (χ3n) is 2.16. The number of ketones is 1. The Bertz CT molecular complexity index is 352. The van der Waals surface area contributed by atoms with E-state index in [1.54, 1.807) is 0 Å². The van der Waals surface area contributed by atoms with Gasteiger partial charge >= 0.3 is 0 Å². The Morgan fingerprint density at radius 3 is 2.36 bits per heavy atom. The zero-order valence-electron chi connectivity index (χ0n) is 8.58. The highest BCUT2D eigenvalue weighted by atomic mass is 16.1. The monoisotopic (exact) mass is 186 g/mol. The molecule has 0 spiro atoms. The van der Waals surface area contributed by atoms with Gasteiger partial charge in [0.1, 0.15) is 0 Å². The Morgan fingerprint density at radius 2 is 1.93 bits per heavy atom. The van der Waals surface area contributed by atoms with Gasteiger partial charge in [0.05, 0.1) is 6.42 Å². The van der Waals surface area contributed by atoms with Crippen LogP contribution in [0.3, 0.4) is 0 Å². The van der Waals surface area contributed by atoms with Gasteiger partial charge in [-0.3, -0.25) is 4.79 Å². The van der Waals surface area contributed by atoms with Crippen LogP contribution in [0.4, 0.5) is 0 Å². The average Bonchev–Trinajstić information content (AvgIpc) is 2.18. The number of benzene rings is 1. The molecule has 1 aromatic rings. The fraction of sp³-hybridized carbons (Fsp3) is 0.308. The van der Waals surface area contributed by atoms with Crippen LogP contribution in [-0.4, -0.2) is 5.78 Å². The molecule has 0 aromatic heterocycles. The van der Waals surface area contributed by atoms with Crippen molar-refractivity contribution in [2.75, 3.05) is 0 Å². The highest BCUT2D eigenvalue weighted by molar-refractivity contribution is 5.97. The molecule has 1 aromatic carbocycles. The third-order valence-corrected chi connectivity index (χ3v) is 2.16. The first-order valence-electron chi connectivity index (χ1n) is 4.71. The Hall–Kier alpha value is -1.55. The molecule has 1 rings (SSSR count). The summed E-state index contributed by atoms with van der Waals surface area (Å²) in [7, 11) is 0. The number of terminal acetylenes is 1.